The predicted molar refractivity (Wildman–Crippen MR) is 67.2 cm³/mol. The Labute approximate surface area is 113 Å². The minimum Gasteiger partial charge on any atom is -0.334 e. The van der Waals surface area contributed by atoms with Crippen LogP contribution in [-0.4, -0.2) is 25.2 Å². The molecule has 2 aliphatic rings. The third-order valence-electron chi connectivity index (χ3n) is 3.87. The molecule has 1 saturated heterocycles. The molecule has 2 atom stereocenters. The molecule has 108 valence electrons. The minimum atomic E-state index is -4.48. The van der Waals surface area contributed by atoms with Crippen LogP contribution in [0.2, 0.25) is 0 Å². The number of anilines is 1. The molecule has 0 radical (unpaired) electrons. The van der Waals surface area contributed by atoms with E-state index in [1.807, 2.05) is 0 Å². The number of fused-ring (bicyclic) bond motifs is 1. The first-order chi connectivity index (χ1) is 9.47. The van der Waals surface area contributed by atoms with E-state index in [9.17, 15) is 18.0 Å². The molecule has 1 aliphatic carbocycles. The first kappa shape index (κ1) is 13.2. The maximum atomic E-state index is 12.8. The Morgan fingerprint density at radius 3 is 2.50 bits per heavy atom. The van der Waals surface area contributed by atoms with Gasteiger partial charge in [0.2, 0.25) is 0 Å². The molecule has 0 bridgehead atoms. The van der Waals surface area contributed by atoms with E-state index >= 15 is 0 Å². The fraction of sp³-hybridized carbons (Fsp3) is 0.462. The lowest BCUT2D eigenvalue weighted by Crippen LogP contribution is -2.36. The van der Waals surface area contributed by atoms with Crippen molar-refractivity contribution in [3.63, 3.8) is 0 Å². The summed E-state index contributed by atoms with van der Waals surface area (Å²) in [6.45, 7) is 1.71. The lowest BCUT2D eigenvalue weighted by atomic mass is 10.1. The molecular weight excluding hydrogens is 271 g/mol. The summed E-state index contributed by atoms with van der Waals surface area (Å²) in [5.74, 6) is 0.831. The topological polar surface area (TPSA) is 53.2 Å². The molecule has 0 spiro atoms. The molecule has 2 fully saturated rings. The largest absolute Gasteiger partial charge is 0.418 e. The number of hydrogen-bond acceptors (Lipinski definition) is 2. The summed E-state index contributed by atoms with van der Waals surface area (Å²) in [6, 6.07) is 4.45. The first-order valence-corrected chi connectivity index (χ1v) is 6.41. The molecule has 1 aliphatic heterocycles. The summed E-state index contributed by atoms with van der Waals surface area (Å²) in [5, 5.41) is 8.20. The van der Waals surface area contributed by atoms with E-state index in [0.717, 1.165) is 19.2 Å². The van der Waals surface area contributed by atoms with Crippen molar-refractivity contribution in [2.24, 2.45) is 11.8 Å². The number of benzene rings is 1. The van der Waals surface area contributed by atoms with Gasteiger partial charge in [-0.15, -0.1) is 0 Å². The lowest BCUT2D eigenvalue weighted by Gasteiger charge is -2.14. The third kappa shape index (κ3) is 2.45. The summed E-state index contributed by atoms with van der Waals surface area (Å²) in [7, 11) is 0. The highest BCUT2D eigenvalue weighted by molar-refractivity contribution is 5.90. The van der Waals surface area contributed by atoms with E-state index < -0.39 is 17.8 Å². The van der Waals surface area contributed by atoms with Crippen LogP contribution in [0.25, 0.3) is 0 Å². The zero-order valence-electron chi connectivity index (χ0n) is 10.5. The van der Waals surface area contributed by atoms with Crippen molar-refractivity contribution in [1.82, 2.24) is 10.6 Å². The van der Waals surface area contributed by atoms with Gasteiger partial charge in [0, 0.05) is 19.1 Å². The summed E-state index contributed by atoms with van der Waals surface area (Å²) in [4.78, 5) is 11.8. The molecule has 1 aromatic carbocycles. The zero-order chi connectivity index (χ0) is 14.3. The van der Waals surface area contributed by atoms with Gasteiger partial charge in [0.15, 0.2) is 0 Å². The second kappa shape index (κ2) is 4.66. The number of carbonyl (C=O) groups is 1. The van der Waals surface area contributed by atoms with Crippen LogP contribution in [0, 0.1) is 11.8 Å². The molecule has 20 heavy (non-hydrogen) atoms. The van der Waals surface area contributed by atoms with Gasteiger partial charge in [-0.25, -0.2) is 4.79 Å². The third-order valence-corrected chi connectivity index (χ3v) is 3.87. The lowest BCUT2D eigenvalue weighted by molar-refractivity contribution is -0.136. The van der Waals surface area contributed by atoms with E-state index in [2.05, 4.69) is 16.0 Å². The van der Waals surface area contributed by atoms with Crippen molar-refractivity contribution >= 4 is 11.7 Å². The van der Waals surface area contributed by atoms with Crippen molar-refractivity contribution in [2.75, 3.05) is 18.4 Å². The summed E-state index contributed by atoms with van der Waals surface area (Å²) in [6.07, 6.45) is -4.48. The molecule has 0 aromatic heterocycles. The van der Waals surface area contributed by atoms with Crippen LogP contribution in [0.4, 0.5) is 23.7 Å². The summed E-state index contributed by atoms with van der Waals surface area (Å²) >= 11 is 0. The highest BCUT2D eigenvalue weighted by Gasteiger charge is 2.53. The molecule has 3 rings (SSSR count). The number of amides is 2. The Kier molecular flexibility index (Phi) is 3.08. The van der Waals surface area contributed by atoms with E-state index in [-0.39, 0.29) is 11.7 Å². The molecule has 3 N–H and O–H groups in total. The van der Waals surface area contributed by atoms with Crippen molar-refractivity contribution < 1.29 is 18.0 Å². The van der Waals surface area contributed by atoms with Gasteiger partial charge in [-0.05, 0) is 24.0 Å². The van der Waals surface area contributed by atoms with Gasteiger partial charge in [-0.2, -0.15) is 13.2 Å². The average Bonchev–Trinajstić information content (AvgIpc) is 2.83. The number of alkyl halides is 3. The van der Waals surface area contributed by atoms with E-state index in [4.69, 9.17) is 0 Å². The van der Waals surface area contributed by atoms with Crippen LogP contribution in [-0.2, 0) is 6.18 Å². The van der Waals surface area contributed by atoms with Crippen LogP contribution in [0.5, 0.6) is 0 Å². The molecule has 2 unspecified atom stereocenters. The fourth-order valence-electron chi connectivity index (χ4n) is 2.78. The quantitative estimate of drug-likeness (QED) is 0.779. The number of nitrogens with one attached hydrogen (secondary N) is 3. The fourth-order valence-corrected chi connectivity index (χ4v) is 2.78. The normalized spacial score (nSPS) is 27.9. The Morgan fingerprint density at radius 2 is 1.85 bits per heavy atom. The van der Waals surface area contributed by atoms with Crippen molar-refractivity contribution in [1.29, 1.82) is 0 Å². The monoisotopic (exact) mass is 285 g/mol. The Morgan fingerprint density at radius 1 is 1.20 bits per heavy atom. The van der Waals surface area contributed by atoms with Gasteiger partial charge in [0.05, 0.1) is 11.3 Å². The standard InChI is InChI=1S/C13H14F3N3O/c14-13(15,16)9-3-1-2-4-10(9)18-12(20)19-11-7-5-17-6-8(7)11/h1-4,7-8,11,17H,5-6H2,(H2,18,19,20). The zero-order valence-corrected chi connectivity index (χ0v) is 10.5. The minimum absolute atomic E-state index is 0.0781. The van der Waals surface area contributed by atoms with Gasteiger partial charge in [-0.3, -0.25) is 0 Å². The molecule has 1 heterocycles. The van der Waals surface area contributed by atoms with Gasteiger partial charge in [0.25, 0.3) is 0 Å². The Bertz CT molecular complexity index is 522. The number of hydrogen-bond donors (Lipinski definition) is 3. The highest BCUT2D eigenvalue weighted by atomic mass is 19.4. The van der Waals surface area contributed by atoms with E-state index in [1.54, 1.807) is 0 Å². The van der Waals surface area contributed by atoms with Crippen LogP contribution in [0.1, 0.15) is 5.56 Å². The van der Waals surface area contributed by atoms with Crippen LogP contribution < -0.4 is 16.0 Å². The number of halogens is 3. The van der Waals surface area contributed by atoms with Crippen molar-refractivity contribution in [3.8, 4) is 0 Å². The molecule has 1 aromatic rings. The molecule has 1 saturated carbocycles. The second-order valence-corrected chi connectivity index (χ2v) is 5.15. The molecule has 7 heteroatoms. The molecule has 2 amide bonds. The van der Waals surface area contributed by atoms with Gasteiger partial charge in [0.1, 0.15) is 0 Å². The number of piperidine rings is 1. The highest BCUT2D eigenvalue weighted by Crippen LogP contribution is 2.41. The molecule has 4 nitrogen and oxygen atoms in total. The van der Waals surface area contributed by atoms with Gasteiger partial charge >= 0.3 is 12.2 Å². The number of para-hydroxylation sites is 1. The Hall–Kier alpha value is -1.76. The number of urea groups is 1. The molecular formula is C13H14F3N3O. The van der Waals surface area contributed by atoms with Gasteiger partial charge < -0.3 is 16.0 Å². The number of rotatable bonds is 2. The smallest absolute Gasteiger partial charge is 0.334 e. The average molecular weight is 285 g/mol. The number of carbonyl (C=O) groups excluding carboxylic acids is 1. The summed E-state index contributed by atoms with van der Waals surface area (Å²) < 4.78 is 38.3. The van der Waals surface area contributed by atoms with Crippen molar-refractivity contribution in [3.05, 3.63) is 29.8 Å². The van der Waals surface area contributed by atoms with Crippen LogP contribution in [0.15, 0.2) is 24.3 Å². The van der Waals surface area contributed by atoms with E-state index in [0.29, 0.717) is 11.8 Å². The Balaban J connectivity index is 1.64. The first-order valence-electron chi connectivity index (χ1n) is 6.41. The van der Waals surface area contributed by atoms with Crippen LogP contribution in [0.3, 0.4) is 0 Å². The predicted octanol–water partition coefficient (Wildman–Crippen LogP) is 2.04. The SMILES string of the molecule is O=C(Nc1ccccc1C(F)(F)F)NC1C2CNCC21. The van der Waals surface area contributed by atoms with Crippen LogP contribution >= 0.6 is 0 Å². The van der Waals surface area contributed by atoms with E-state index in [1.165, 1.54) is 18.2 Å². The maximum Gasteiger partial charge on any atom is 0.418 e. The van der Waals surface area contributed by atoms with Gasteiger partial charge in [-0.1, -0.05) is 12.1 Å². The van der Waals surface area contributed by atoms with Crippen molar-refractivity contribution in [2.45, 2.75) is 12.2 Å². The summed E-state index contributed by atoms with van der Waals surface area (Å²) in [5.41, 5.74) is -1.06. The second-order valence-electron chi connectivity index (χ2n) is 5.15. The maximum absolute atomic E-state index is 12.8.